The van der Waals surface area contributed by atoms with Crippen molar-refractivity contribution in [2.75, 3.05) is 26.9 Å². The van der Waals surface area contributed by atoms with Crippen LogP contribution < -0.4 is 15.4 Å². The van der Waals surface area contributed by atoms with E-state index < -0.39 is 0 Å². The van der Waals surface area contributed by atoms with E-state index >= 15 is 0 Å². The lowest BCUT2D eigenvalue weighted by atomic mass is 10.2. The molecule has 2 aromatic rings. The van der Waals surface area contributed by atoms with Crippen LogP contribution in [0.3, 0.4) is 0 Å². The van der Waals surface area contributed by atoms with Gasteiger partial charge in [-0.25, -0.2) is 4.99 Å². The summed E-state index contributed by atoms with van der Waals surface area (Å²) in [5, 5.41) is 14.9. The third-order valence-electron chi connectivity index (χ3n) is 4.16. The fourth-order valence-electron chi connectivity index (χ4n) is 2.47. The number of ether oxygens (including phenoxy) is 2. The number of nitrogens with one attached hydrogen (secondary N) is 2. The highest BCUT2D eigenvalue weighted by atomic mass is 16.5. The van der Waals surface area contributed by atoms with Crippen molar-refractivity contribution in [3.05, 3.63) is 41.5 Å². The molecule has 0 spiro atoms. The minimum Gasteiger partial charge on any atom is -0.496 e. The molecule has 1 aromatic heterocycles. The lowest BCUT2D eigenvalue weighted by Crippen LogP contribution is -2.38. The largest absolute Gasteiger partial charge is 0.496 e. The summed E-state index contributed by atoms with van der Waals surface area (Å²) in [4.78, 5) is 4.69. The summed E-state index contributed by atoms with van der Waals surface area (Å²) >= 11 is 0. The van der Waals surface area contributed by atoms with E-state index in [0.29, 0.717) is 13.1 Å². The number of nitrogens with zero attached hydrogens (tertiary/aromatic N) is 4. The number of guanidine groups is 1. The molecule has 0 atom stereocenters. The van der Waals surface area contributed by atoms with Crippen LogP contribution in [0, 0.1) is 6.92 Å². The van der Waals surface area contributed by atoms with Crippen LogP contribution in [0.4, 0.5) is 0 Å². The standard InChI is InChI=1S/C19H30N6O2/c1-5-27-12-8-11-20-19(22-14-18-24-23-15(2)25(18)3)21-13-16-9-6-7-10-17(16)26-4/h6-7,9-10H,5,8,11-14H2,1-4H3,(H2,20,21,22). The van der Waals surface area contributed by atoms with Crippen LogP contribution in [0.25, 0.3) is 0 Å². The minimum atomic E-state index is 0.517. The average Bonchev–Trinajstić information content (AvgIpc) is 3.01. The Kier molecular flexibility index (Phi) is 8.57. The SMILES string of the molecule is CCOCCCNC(=NCc1ccccc1OC)NCc1nnc(C)n1C. The van der Waals surface area contributed by atoms with E-state index in [9.17, 15) is 0 Å². The van der Waals surface area contributed by atoms with E-state index in [4.69, 9.17) is 9.47 Å². The van der Waals surface area contributed by atoms with Gasteiger partial charge in [0.15, 0.2) is 11.8 Å². The normalized spacial score (nSPS) is 11.5. The number of rotatable bonds is 10. The molecule has 0 aliphatic heterocycles. The first-order chi connectivity index (χ1) is 13.2. The van der Waals surface area contributed by atoms with Gasteiger partial charge < -0.3 is 24.7 Å². The highest BCUT2D eigenvalue weighted by Gasteiger charge is 2.07. The van der Waals surface area contributed by atoms with Crippen LogP contribution in [0.2, 0.25) is 0 Å². The van der Waals surface area contributed by atoms with Crippen molar-refractivity contribution in [3.8, 4) is 5.75 Å². The molecule has 1 heterocycles. The van der Waals surface area contributed by atoms with Gasteiger partial charge in [0.2, 0.25) is 0 Å². The van der Waals surface area contributed by atoms with Gasteiger partial charge in [0, 0.05) is 32.4 Å². The van der Waals surface area contributed by atoms with Crippen molar-refractivity contribution in [2.24, 2.45) is 12.0 Å². The van der Waals surface area contributed by atoms with Gasteiger partial charge in [-0.1, -0.05) is 18.2 Å². The van der Waals surface area contributed by atoms with Crippen LogP contribution in [-0.4, -0.2) is 47.6 Å². The summed E-state index contributed by atoms with van der Waals surface area (Å²) in [6.07, 6.45) is 0.909. The molecule has 0 bridgehead atoms. The Morgan fingerprint density at radius 2 is 2.04 bits per heavy atom. The molecule has 8 heteroatoms. The zero-order chi connectivity index (χ0) is 19.5. The van der Waals surface area contributed by atoms with Crippen LogP contribution in [0.15, 0.2) is 29.3 Å². The molecule has 0 aliphatic carbocycles. The summed E-state index contributed by atoms with van der Waals surface area (Å²) in [7, 11) is 3.62. The van der Waals surface area contributed by atoms with Crippen molar-refractivity contribution in [1.29, 1.82) is 0 Å². The van der Waals surface area contributed by atoms with Crippen molar-refractivity contribution >= 4 is 5.96 Å². The molecule has 0 unspecified atom stereocenters. The number of aromatic nitrogens is 3. The maximum Gasteiger partial charge on any atom is 0.191 e. The molecule has 0 aliphatic rings. The van der Waals surface area contributed by atoms with Gasteiger partial charge in [-0.2, -0.15) is 0 Å². The van der Waals surface area contributed by atoms with Crippen molar-refractivity contribution in [2.45, 2.75) is 33.4 Å². The Morgan fingerprint density at radius 3 is 2.74 bits per heavy atom. The number of aliphatic imine (C=N–C) groups is 1. The second-order valence-corrected chi connectivity index (χ2v) is 6.03. The van der Waals surface area contributed by atoms with Gasteiger partial charge in [-0.15, -0.1) is 10.2 Å². The molecule has 0 saturated heterocycles. The Hall–Kier alpha value is -2.61. The lowest BCUT2D eigenvalue weighted by Gasteiger charge is -2.13. The van der Waals surface area contributed by atoms with Gasteiger partial charge in [0.05, 0.1) is 20.2 Å². The molecular formula is C19H30N6O2. The highest BCUT2D eigenvalue weighted by molar-refractivity contribution is 5.79. The number of hydrogen-bond donors (Lipinski definition) is 2. The fraction of sp³-hybridized carbons (Fsp3) is 0.526. The van der Waals surface area contributed by atoms with Gasteiger partial charge in [0.1, 0.15) is 11.6 Å². The van der Waals surface area contributed by atoms with E-state index in [1.54, 1.807) is 7.11 Å². The number of methoxy groups -OCH3 is 1. The molecule has 148 valence electrons. The van der Waals surface area contributed by atoms with E-state index in [2.05, 4.69) is 25.8 Å². The predicted octanol–water partition coefficient (Wildman–Crippen LogP) is 1.79. The van der Waals surface area contributed by atoms with Gasteiger partial charge in [-0.05, 0) is 26.3 Å². The van der Waals surface area contributed by atoms with Crippen molar-refractivity contribution in [3.63, 3.8) is 0 Å². The predicted molar refractivity (Wildman–Crippen MR) is 106 cm³/mol. The number of benzene rings is 1. The summed E-state index contributed by atoms with van der Waals surface area (Å²) in [5.41, 5.74) is 1.03. The van der Waals surface area contributed by atoms with Crippen LogP contribution in [-0.2, 0) is 24.9 Å². The molecule has 1 aromatic carbocycles. The van der Waals surface area contributed by atoms with Gasteiger partial charge >= 0.3 is 0 Å². The molecule has 2 rings (SSSR count). The minimum absolute atomic E-state index is 0.517. The molecule has 0 radical (unpaired) electrons. The first-order valence-electron chi connectivity index (χ1n) is 9.22. The van der Waals surface area contributed by atoms with E-state index in [1.165, 1.54) is 0 Å². The first kappa shape index (κ1) is 20.7. The highest BCUT2D eigenvalue weighted by Crippen LogP contribution is 2.17. The zero-order valence-electron chi connectivity index (χ0n) is 16.7. The molecule has 0 saturated carbocycles. The van der Waals surface area contributed by atoms with Gasteiger partial charge in [0.25, 0.3) is 0 Å². The maximum absolute atomic E-state index is 5.40. The summed E-state index contributed by atoms with van der Waals surface area (Å²) in [6, 6.07) is 7.89. The van der Waals surface area contributed by atoms with Crippen LogP contribution in [0.1, 0.15) is 30.6 Å². The number of para-hydroxylation sites is 1. The molecular weight excluding hydrogens is 344 g/mol. The summed E-state index contributed by atoms with van der Waals surface area (Å²) < 4.78 is 12.7. The molecule has 2 N–H and O–H groups in total. The number of aryl methyl sites for hydroxylation is 1. The van der Waals surface area contributed by atoms with Gasteiger partial charge in [-0.3, -0.25) is 0 Å². The van der Waals surface area contributed by atoms with Crippen LogP contribution in [0.5, 0.6) is 5.75 Å². The summed E-state index contributed by atoms with van der Waals surface area (Å²) in [5.74, 6) is 3.29. The topological polar surface area (TPSA) is 85.6 Å². The third kappa shape index (κ3) is 6.56. The fourth-order valence-corrected chi connectivity index (χ4v) is 2.47. The third-order valence-corrected chi connectivity index (χ3v) is 4.16. The molecule has 0 fully saturated rings. The molecule has 8 nitrogen and oxygen atoms in total. The lowest BCUT2D eigenvalue weighted by molar-refractivity contribution is 0.145. The van der Waals surface area contributed by atoms with Crippen molar-refractivity contribution < 1.29 is 9.47 Å². The van der Waals surface area contributed by atoms with Crippen LogP contribution >= 0.6 is 0 Å². The summed E-state index contributed by atoms with van der Waals surface area (Å²) in [6.45, 7) is 7.22. The maximum atomic E-state index is 5.40. The second-order valence-electron chi connectivity index (χ2n) is 6.03. The second kappa shape index (κ2) is 11.2. The van der Waals surface area contributed by atoms with Crippen molar-refractivity contribution in [1.82, 2.24) is 25.4 Å². The molecule has 27 heavy (non-hydrogen) atoms. The van der Waals surface area contributed by atoms with E-state index in [0.717, 1.165) is 55.1 Å². The first-order valence-corrected chi connectivity index (χ1v) is 9.22. The molecule has 0 amide bonds. The Labute approximate surface area is 161 Å². The van der Waals surface area contributed by atoms with E-state index in [-0.39, 0.29) is 0 Å². The smallest absolute Gasteiger partial charge is 0.191 e. The monoisotopic (exact) mass is 374 g/mol. The Morgan fingerprint density at radius 1 is 1.22 bits per heavy atom. The average molecular weight is 374 g/mol. The van der Waals surface area contributed by atoms with E-state index in [1.807, 2.05) is 49.7 Å². The quantitative estimate of drug-likeness (QED) is 0.375. The zero-order valence-corrected chi connectivity index (χ0v) is 16.7. The Balaban J connectivity index is 2.00. The Bertz CT molecular complexity index is 729. The number of hydrogen-bond acceptors (Lipinski definition) is 5.